The molecule has 1 aliphatic heterocycles. The van der Waals surface area contributed by atoms with Gasteiger partial charge in [-0.05, 0) is 65.3 Å². The van der Waals surface area contributed by atoms with E-state index in [9.17, 15) is 0 Å². The largest absolute Gasteiger partial charge is 0.329 e. The molecule has 0 aromatic heterocycles. The van der Waals surface area contributed by atoms with E-state index in [-0.39, 0.29) is 5.54 Å². The Balaban J connectivity index is 2.30. The number of likely N-dealkylation sites (N-methyl/N-ethyl adjacent to an activating group) is 1. The van der Waals surface area contributed by atoms with Crippen molar-refractivity contribution in [2.45, 2.75) is 52.0 Å². The summed E-state index contributed by atoms with van der Waals surface area (Å²) in [6.07, 6.45) is 5.21. The zero-order chi connectivity index (χ0) is 12.7. The lowest BCUT2D eigenvalue weighted by molar-refractivity contribution is 0.107. The van der Waals surface area contributed by atoms with Crippen LogP contribution in [0.1, 0.15) is 46.5 Å². The molecule has 1 atom stereocenters. The zero-order valence-electron chi connectivity index (χ0n) is 12.0. The van der Waals surface area contributed by atoms with Crippen molar-refractivity contribution in [1.82, 2.24) is 9.80 Å². The van der Waals surface area contributed by atoms with Gasteiger partial charge in [-0.2, -0.15) is 0 Å². The fourth-order valence-electron chi connectivity index (χ4n) is 2.80. The maximum absolute atomic E-state index is 5.94. The second-order valence-electron chi connectivity index (χ2n) is 5.54. The first-order chi connectivity index (χ1) is 8.16. The predicted octanol–water partition coefficient (Wildman–Crippen LogP) is 1.92. The van der Waals surface area contributed by atoms with Crippen molar-refractivity contribution in [3.63, 3.8) is 0 Å². The minimum Gasteiger partial charge on any atom is -0.329 e. The van der Waals surface area contributed by atoms with Crippen LogP contribution in [0, 0.1) is 0 Å². The summed E-state index contributed by atoms with van der Waals surface area (Å²) in [4.78, 5) is 5.16. The number of hydrogen-bond donors (Lipinski definition) is 1. The molecular weight excluding hydrogens is 210 g/mol. The van der Waals surface area contributed by atoms with E-state index in [0.717, 1.165) is 19.5 Å². The molecular formula is C14H31N3. The van der Waals surface area contributed by atoms with E-state index in [1.54, 1.807) is 0 Å². The molecule has 3 nitrogen and oxygen atoms in total. The summed E-state index contributed by atoms with van der Waals surface area (Å²) < 4.78 is 0. The molecule has 1 saturated heterocycles. The average molecular weight is 241 g/mol. The lowest BCUT2D eigenvalue weighted by Gasteiger charge is -2.39. The van der Waals surface area contributed by atoms with Crippen LogP contribution in [0.3, 0.4) is 0 Å². The van der Waals surface area contributed by atoms with Crippen molar-refractivity contribution < 1.29 is 0 Å². The summed E-state index contributed by atoms with van der Waals surface area (Å²) in [5.74, 6) is 0. The van der Waals surface area contributed by atoms with Crippen LogP contribution in [0.5, 0.6) is 0 Å². The molecule has 0 radical (unpaired) electrons. The monoisotopic (exact) mass is 241 g/mol. The van der Waals surface area contributed by atoms with Gasteiger partial charge in [0.1, 0.15) is 0 Å². The summed E-state index contributed by atoms with van der Waals surface area (Å²) in [5, 5.41) is 0. The highest BCUT2D eigenvalue weighted by Crippen LogP contribution is 2.18. The van der Waals surface area contributed by atoms with Crippen LogP contribution < -0.4 is 5.73 Å². The van der Waals surface area contributed by atoms with Crippen molar-refractivity contribution in [2.24, 2.45) is 5.73 Å². The molecule has 102 valence electrons. The van der Waals surface area contributed by atoms with Crippen LogP contribution in [0.2, 0.25) is 0 Å². The predicted molar refractivity (Wildman–Crippen MR) is 75.3 cm³/mol. The SMILES string of the molecule is CCN(CCCN1CCCC1)C(C)(CC)CN. The van der Waals surface area contributed by atoms with Gasteiger partial charge >= 0.3 is 0 Å². The van der Waals surface area contributed by atoms with Gasteiger partial charge in [0.2, 0.25) is 0 Å². The number of rotatable bonds is 8. The first-order valence-corrected chi connectivity index (χ1v) is 7.33. The third-order valence-corrected chi connectivity index (χ3v) is 4.45. The quantitative estimate of drug-likeness (QED) is 0.705. The molecule has 0 aromatic rings. The van der Waals surface area contributed by atoms with Crippen molar-refractivity contribution in [3.05, 3.63) is 0 Å². The zero-order valence-corrected chi connectivity index (χ0v) is 12.0. The van der Waals surface area contributed by atoms with E-state index in [2.05, 4.69) is 30.6 Å². The lowest BCUT2D eigenvalue weighted by atomic mass is 9.96. The maximum Gasteiger partial charge on any atom is 0.0300 e. The first kappa shape index (κ1) is 14.9. The molecule has 1 rings (SSSR count). The Hall–Kier alpha value is -0.120. The van der Waals surface area contributed by atoms with Gasteiger partial charge in [-0.1, -0.05) is 13.8 Å². The Morgan fingerprint density at radius 1 is 1.24 bits per heavy atom. The van der Waals surface area contributed by atoms with E-state index < -0.39 is 0 Å². The topological polar surface area (TPSA) is 32.5 Å². The molecule has 0 aliphatic carbocycles. The van der Waals surface area contributed by atoms with Crippen molar-refractivity contribution in [2.75, 3.05) is 39.3 Å². The van der Waals surface area contributed by atoms with Crippen LogP contribution in [0.4, 0.5) is 0 Å². The number of nitrogens with zero attached hydrogens (tertiary/aromatic N) is 2. The van der Waals surface area contributed by atoms with E-state index in [4.69, 9.17) is 5.73 Å². The lowest BCUT2D eigenvalue weighted by Crippen LogP contribution is -2.51. The number of hydrogen-bond acceptors (Lipinski definition) is 3. The molecule has 0 spiro atoms. The van der Waals surface area contributed by atoms with Crippen LogP contribution in [-0.4, -0.2) is 54.6 Å². The fraction of sp³-hybridized carbons (Fsp3) is 1.00. The smallest absolute Gasteiger partial charge is 0.0300 e. The number of nitrogens with two attached hydrogens (primary N) is 1. The average Bonchev–Trinajstić information content (AvgIpc) is 2.87. The number of likely N-dealkylation sites (tertiary alicyclic amines) is 1. The van der Waals surface area contributed by atoms with Crippen molar-refractivity contribution in [3.8, 4) is 0 Å². The normalized spacial score (nSPS) is 21.0. The Kier molecular flexibility index (Phi) is 6.45. The van der Waals surface area contributed by atoms with E-state index in [0.29, 0.717) is 0 Å². The molecule has 0 saturated carbocycles. The Morgan fingerprint density at radius 2 is 1.88 bits per heavy atom. The molecule has 3 heteroatoms. The molecule has 1 aliphatic rings. The van der Waals surface area contributed by atoms with E-state index >= 15 is 0 Å². The summed E-state index contributed by atoms with van der Waals surface area (Å²) in [6, 6.07) is 0. The highest BCUT2D eigenvalue weighted by molar-refractivity contribution is 4.85. The Labute approximate surface area is 107 Å². The van der Waals surface area contributed by atoms with Gasteiger partial charge in [0.15, 0.2) is 0 Å². The van der Waals surface area contributed by atoms with E-state index in [1.807, 2.05) is 0 Å². The maximum atomic E-state index is 5.94. The van der Waals surface area contributed by atoms with Crippen LogP contribution in [0.25, 0.3) is 0 Å². The molecule has 17 heavy (non-hydrogen) atoms. The molecule has 1 unspecified atom stereocenters. The summed E-state index contributed by atoms with van der Waals surface area (Å²) in [6.45, 7) is 13.8. The third-order valence-electron chi connectivity index (χ3n) is 4.45. The van der Waals surface area contributed by atoms with Crippen LogP contribution in [0.15, 0.2) is 0 Å². The molecule has 0 bridgehead atoms. The second kappa shape index (κ2) is 7.34. The van der Waals surface area contributed by atoms with Gasteiger partial charge in [0.25, 0.3) is 0 Å². The molecule has 0 aromatic carbocycles. The minimum atomic E-state index is 0.194. The summed E-state index contributed by atoms with van der Waals surface area (Å²) >= 11 is 0. The standard InChI is InChI=1S/C14H31N3/c1-4-14(3,13-15)17(5-2)12-8-11-16-9-6-7-10-16/h4-13,15H2,1-3H3. The van der Waals surface area contributed by atoms with Crippen LogP contribution in [-0.2, 0) is 0 Å². The minimum absolute atomic E-state index is 0.194. The van der Waals surface area contributed by atoms with Gasteiger partial charge in [0.05, 0.1) is 0 Å². The molecule has 0 amide bonds. The molecule has 2 N–H and O–H groups in total. The van der Waals surface area contributed by atoms with Crippen molar-refractivity contribution >= 4 is 0 Å². The third kappa shape index (κ3) is 4.23. The molecule has 1 fully saturated rings. The van der Waals surface area contributed by atoms with Crippen LogP contribution >= 0.6 is 0 Å². The van der Waals surface area contributed by atoms with Gasteiger partial charge in [0, 0.05) is 12.1 Å². The summed E-state index contributed by atoms with van der Waals surface area (Å²) in [5.41, 5.74) is 6.13. The van der Waals surface area contributed by atoms with Crippen molar-refractivity contribution in [1.29, 1.82) is 0 Å². The summed E-state index contributed by atoms with van der Waals surface area (Å²) in [7, 11) is 0. The van der Waals surface area contributed by atoms with Gasteiger partial charge in [-0.25, -0.2) is 0 Å². The van der Waals surface area contributed by atoms with Gasteiger partial charge in [-0.15, -0.1) is 0 Å². The fourth-order valence-corrected chi connectivity index (χ4v) is 2.80. The van der Waals surface area contributed by atoms with E-state index in [1.165, 1.54) is 45.4 Å². The second-order valence-corrected chi connectivity index (χ2v) is 5.54. The molecule has 1 heterocycles. The Bertz CT molecular complexity index is 196. The van der Waals surface area contributed by atoms with Gasteiger partial charge < -0.3 is 10.6 Å². The Morgan fingerprint density at radius 3 is 2.35 bits per heavy atom. The van der Waals surface area contributed by atoms with Gasteiger partial charge in [-0.3, -0.25) is 4.90 Å². The highest BCUT2D eigenvalue weighted by atomic mass is 15.2. The first-order valence-electron chi connectivity index (χ1n) is 7.33. The highest BCUT2D eigenvalue weighted by Gasteiger charge is 2.26.